The van der Waals surface area contributed by atoms with Crippen LogP contribution in [-0.4, -0.2) is 57.6 Å². The van der Waals surface area contributed by atoms with E-state index < -0.39 is 29.9 Å². The summed E-state index contributed by atoms with van der Waals surface area (Å²) in [6.07, 6.45) is -1.20. The summed E-state index contributed by atoms with van der Waals surface area (Å²) >= 11 is 0. The van der Waals surface area contributed by atoms with Crippen LogP contribution in [0.15, 0.2) is 24.3 Å². The van der Waals surface area contributed by atoms with Gasteiger partial charge in [-0.25, -0.2) is 0 Å². The average Bonchev–Trinajstić information content (AvgIpc) is 2.69. The molecule has 10 nitrogen and oxygen atoms in total. The number of amides is 3. The Morgan fingerprint density at radius 1 is 1.15 bits per heavy atom. The van der Waals surface area contributed by atoms with Crippen LogP contribution in [0.3, 0.4) is 0 Å². The maximum absolute atomic E-state index is 12.2. The number of likely N-dealkylation sites (N-methyl/N-ethyl adjacent to an activating group) is 1. The number of nitrogens with two attached hydrogens (primary N) is 3. The van der Waals surface area contributed by atoms with E-state index in [1.54, 1.807) is 24.3 Å². The summed E-state index contributed by atoms with van der Waals surface area (Å²) < 4.78 is 11.0. The third kappa shape index (κ3) is 6.95. The molecule has 1 aromatic rings. The van der Waals surface area contributed by atoms with E-state index in [1.807, 2.05) is 0 Å². The number of ether oxygens (including phenoxy) is 2. The third-order valence-electron chi connectivity index (χ3n) is 3.09. The van der Waals surface area contributed by atoms with Crippen LogP contribution in [0.25, 0.3) is 0 Å². The van der Waals surface area contributed by atoms with Gasteiger partial charge in [0, 0.05) is 7.05 Å². The maximum atomic E-state index is 12.2. The number of hydrogen-bond donors (Lipinski definition) is 5. The molecular formula is C16H27N5O5. The molecule has 2 rings (SSSR count). The van der Waals surface area contributed by atoms with Crippen LogP contribution in [0.5, 0.6) is 11.5 Å². The molecule has 0 saturated heterocycles. The summed E-state index contributed by atoms with van der Waals surface area (Å²) in [5.41, 5.74) is 14.1. The van der Waals surface area contributed by atoms with Gasteiger partial charge in [-0.3, -0.25) is 14.4 Å². The maximum Gasteiger partial charge on any atom is 0.265 e. The number of fused-ring (bicyclic) bond motifs is 1. The van der Waals surface area contributed by atoms with Gasteiger partial charge in [0.1, 0.15) is 12.6 Å². The molecule has 1 aliphatic heterocycles. The van der Waals surface area contributed by atoms with Crippen molar-refractivity contribution in [3.05, 3.63) is 24.3 Å². The number of carbonyl (C=O) groups excluding carboxylic acids is 3. The first kappa shape index (κ1) is 23.1. The Morgan fingerprint density at radius 2 is 1.73 bits per heavy atom. The molecule has 0 aliphatic carbocycles. The van der Waals surface area contributed by atoms with Crippen LogP contribution in [0.1, 0.15) is 6.42 Å². The number of benzene rings is 1. The zero-order valence-corrected chi connectivity index (χ0v) is 15.2. The molecule has 0 aromatic heterocycles. The predicted molar refractivity (Wildman–Crippen MR) is 96.4 cm³/mol. The Bertz CT molecular complexity index is 596. The highest BCUT2D eigenvalue weighted by atomic mass is 16.6. The van der Waals surface area contributed by atoms with Gasteiger partial charge in [0.2, 0.25) is 17.9 Å². The van der Waals surface area contributed by atoms with Gasteiger partial charge in [-0.15, -0.1) is 0 Å². The lowest BCUT2D eigenvalue weighted by atomic mass is 10.1. The summed E-state index contributed by atoms with van der Waals surface area (Å²) in [7, 11) is 4.40. The van der Waals surface area contributed by atoms with E-state index in [4.69, 9.17) is 15.2 Å². The van der Waals surface area contributed by atoms with Gasteiger partial charge < -0.3 is 37.3 Å². The first-order valence-corrected chi connectivity index (χ1v) is 7.85. The second-order valence-corrected chi connectivity index (χ2v) is 4.71. The van der Waals surface area contributed by atoms with Crippen molar-refractivity contribution in [1.29, 1.82) is 0 Å². The number of carbonyl (C=O) groups is 3. The second-order valence-electron chi connectivity index (χ2n) is 4.71. The molecule has 1 aliphatic rings. The van der Waals surface area contributed by atoms with Gasteiger partial charge in [-0.05, 0) is 26.2 Å². The van der Waals surface area contributed by atoms with E-state index >= 15 is 0 Å². The molecule has 0 radical (unpaired) electrons. The van der Waals surface area contributed by atoms with E-state index in [2.05, 4.69) is 22.1 Å². The largest absolute Gasteiger partial charge is 0.485 e. The number of nitrogens with one attached hydrogen (secondary N) is 2. The van der Waals surface area contributed by atoms with Crippen molar-refractivity contribution in [2.24, 2.45) is 17.2 Å². The number of para-hydroxylation sites is 2. The van der Waals surface area contributed by atoms with Gasteiger partial charge >= 0.3 is 0 Å². The smallest absolute Gasteiger partial charge is 0.265 e. The molecule has 1 unspecified atom stereocenters. The van der Waals surface area contributed by atoms with E-state index in [-0.39, 0.29) is 13.0 Å². The molecule has 0 bridgehead atoms. The summed E-state index contributed by atoms with van der Waals surface area (Å²) in [6, 6.07) is 5.90. The van der Waals surface area contributed by atoms with E-state index in [9.17, 15) is 14.4 Å². The molecule has 146 valence electrons. The molecule has 26 heavy (non-hydrogen) atoms. The third-order valence-corrected chi connectivity index (χ3v) is 3.09. The lowest BCUT2D eigenvalue weighted by Gasteiger charge is -2.27. The molecule has 1 heterocycles. The van der Waals surface area contributed by atoms with Crippen molar-refractivity contribution in [3.63, 3.8) is 0 Å². The monoisotopic (exact) mass is 369 g/mol. The van der Waals surface area contributed by atoms with Crippen molar-refractivity contribution in [2.75, 3.05) is 27.7 Å². The van der Waals surface area contributed by atoms with Crippen molar-refractivity contribution in [3.8, 4) is 11.5 Å². The Morgan fingerprint density at radius 3 is 2.27 bits per heavy atom. The van der Waals surface area contributed by atoms with Gasteiger partial charge in [-0.1, -0.05) is 12.1 Å². The Balaban J connectivity index is 0.00000146. The van der Waals surface area contributed by atoms with E-state index in [1.165, 1.54) is 21.1 Å². The quantitative estimate of drug-likeness (QED) is 0.402. The van der Waals surface area contributed by atoms with Crippen LogP contribution >= 0.6 is 0 Å². The van der Waals surface area contributed by atoms with Crippen LogP contribution in [0, 0.1) is 0 Å². The minimum absolute atomic E-state index is 0.0138. The van der Waals surface area contributed by atoms with E-state index in [0.29, 0.717) is 11.5 Å². The van der Waals surface area contributed by atoms with Gasteiger partial charge in [-0.2, -0.15) is 0 Å². The molecule has 2 atom stereocenters. The molecule has 3 amide bonds. The topological polar surface area (TPSA) is 172 Å². The molecular weight excluding hydrogens is 342 g/mol. The number of primary amides is 1. The Hall–Kier alpha value is -2.85. The number of rotatable bonds is 5. The highest BCUT2D eigenvalue weighted by Crippen LogP contribution is 2.30. The highest BCUT2D eigenvalue weighted by Gasteiger charge is 2.31. The van der Waals surface area contributed by atoms with Crippen molar-refractivity contribution < 1.29 is 23.9 Å². The van der Waals surface area contributed by atoms with E-state index in [0.717, 1.165) is 0 Å². The minimum Gasteiger partial charge on any atom is -0.485 e. The zero-order chi connectivity index (χ0) is 20.1. The van der Waals surface area contributed by atoms with Crippen LogP contribution in [0.2, 0.25) is 0 Å². The van der Waals surface area contributed by atoms with Gasteiger partial charge in [0.15, 0.2) is 11.5 Å². The predicted octanol–water partition coefficient (Wildman–Crippen LogP) is -1.92. The zero-order valence-electron chi connectivity index (χ0n) is 15.2. The molecule has 10 heteroatoms. The van der Waals surface area contributed by atoms with Crippen molar-refractivity contribution in [1.82, 2.24) is 10.6 Å². The normalized spacial score (nSPS) is 15.0. The fourth-order valence-electron chi connectivity index (χ4n) is 2.00. The molecule has 0 spiro atoms. The fraction of sp³-hybridized carbons (Fsp3) is 0.438. The van der Waals surface area contributed by atoms with Crippen LogP contribution in [-0.2, 0) is 14.4 Å². The standard InChI is InChI=1S/C14H17N3O5.2CH5N/c1-16-13(19)8(6-12(15)18)17-14(20)11-7-21-9-4-2-3-5-10(9)22-11;2*1-2/h2-5,8,11H,6-7H2,1H3,(H2,15,18)(H,16,19)(H,17,20);2*2H2,1H3/t8-,11?;;/m0../s1. The number of hydrogen-bond acceptors (Lipinski definition) is 7. The first-order valence-electron chi connectivity index (χ1n) is 7.85. The Labute approximate surface area is 152 Å². The molecule has 8 N–H and O–H groups in total. The molecule has 0 fully saturated rings. The van der Waals surface area contributed by atoms with Gasteiger partial charge in [0.05, 0.1) is 6.42 Å². The van der Waals surface area contributed by atoms with Crippen LogP contribution in [0.4, 0.5) is 0 Å². The average molecular weight is 369 g/mol. The molecule has 0 saturated carbocycles. The SMILES string of the molecule is CN.CN.CNC(=O)[C@H](CC(N)=O)NC(=O)C1COc2ccccc2O1. The Kier molecular flexibility index (Phi) is 11.1. The summed E-state index contributed by atoms with van der Waals surface area (Å²) in [5.74, 6) is -0.763. The fourth-order valence-corrected chi connectivity index (χ4v) is 2.00. The van der Waals surface area contributed by atoms with Crippen molar-refractivity contribution >= 4 is 17.7 Å². The molecule has 1 aromatic carbocycles. The summed E-state index contributed by atoms with van der Waals surface area (Å²) in [4.78, 5) is 34.8. The first-order chi connectivity index (χ1) is 12.5. The second kappa shape index (κ2) is 12.5. The van der Waals surface area contributed by atoms with Gasteiger partial charge in [0.25, 0.3) is 5.91 Å². The summed E-state index contributed by atoms with van der Waals surface area (Å²) in [6.45, 7) is 0.0138. The van der Waals surface area contributed by atoms with Crippen LogP contribution < -0.4 is 37.3 Å². The lowest BCUT2D eigenvalue weighted by Crippen LogP contribution is -2.53. The highest BCUT2D eigenvalue weighted by molar-refractivity contribution is 5.92. The van der Waals surface area contributed by atoms with Crippen molar-refractivity contribution in [2.45, 2.75) is 18.6 Å². The lowest BCUT2D eigenvalue weighted by molar-refractivity contribution is -0.135. The summed E-state index contributed by atoms with van der Waals surface area (Å²) in [5, 5.41) is 4.80. The minimum atomic E-state index is -1.05.